The van der Waals surface area contributed by atoms with E-state index in [4.69, 9.17) is 32.7 Å². The van der Waals surface area contributed by atoms with Gasteiger partial charge in [-0.2, -0.15) is 0 Å². The van der Waals surface area contributed by atoms with E-state index in [1.165, 1.54) is 25.6 Å². The summed E-state index contributed by atoms with van der Waals surface area (Å²) in [7, 11) is 3.05. The summed E-state index contributed by atoms with van der Waals surface area (Å²) >= 11 is 13.5. The predicted octanol–water partition coefficient (Wildman–Crippen LogP) is 4.35. The summed E-state index contributed by atoms with van der Waals surface area (Å²) in [6, 6.07) is 7.13. The lowest BCUT2D eigenvalue weighted by Gasteiger charge is -2.15. The number of hydrogen-bond donors (Lipinski definition) is 1. The monoisotopic (exact) mass is 332 g/mol. The first-order valence-electron chi connectivity index (χ1n) is 5.89. The Bertz CT molecular complexity index is 598. The van der Waals surface area contributed by atoms with Gasteiger partial charge < -0.3 is 14.6 Å². The van der Waals surface area contributed by atoms with Crippen molar-refractivity contribution in [1.29, 1.82) is 0 Å². The van der Waals surface area contributed by atoms with Crippen molar-refractivity contribution >= 4 is 34.5 Å². The van der Waals surface area contributed by atoms with Crippen LogP contribution in [0, 0.1) is 0 Å². The van der Waals surface area contributed by atoms with E-state index in [2.05, 4.69) is 0 Å². The maximum absolute atomic E-state index is 10.3. The highest BCUT2D eigenvalue weighted by molar-refractivity contribution is 7.16. The maximum atomic E-state index is 10.3. The lowest BCUT2D eigenvalue weighted by molar-refractivity contribution is 0.179. The second-order valence-corrected chi connectivity index (χ2v) is 6.37. The van der Waals surface area contributed by atoms with Crippen LogP contribution in [0.3, 0.4) is 0 Å². The number of methoxy groups -OCH3 is 2. The van der Waals surface area contributed by atoms with Gasteiger partial charge in [0.05, 0.1) is 29.7 Å². The second-order valence-electron chi connectivity index (χ2n) is 4.16. The Hall–Kier alpha value is -0.940. The van der Waals surface area contributed by atoms with Gasteiger partial charge in [0.25, 0.3) is 0 Å². The molecule has 108 valence electrons. The molecule has 20 heavy (non-hydrogen) atoms. The Labute approximate surface area is 131 Å². The van der Waals surface area contributed by atoms with Crippen LogP contribution in [0.2, 0.25) is 9.36 Å². The van der Waals surface area contributed by atoms with E-state index in [0.717, 1.165) is 4.88 Å². The van der Waals surface area contributed by atoms with Crippen LogP contribution < -0.4 is 9.47 Å². The zero-order valence-electron chi connectivity index (χ0n) is 11.0. The smallest absolute Gasteiger partial charge is 0.179 e. The molecule has 0 aliphatic rings. The van der Waals surface area contributed by atoms with Crippen molar-refractivity contribution in [3.8, 4) is 11.5 Å². The number of halogens is 2. The van der Waals surface area contributed by atoms with Gasteiger partial charge in [-0.3, -0.25) is 0 Å². The molecule has 1 unspecified atom stereocenters. The third kappa shape index (κ3) is 3.38. The van der Waals surface area contributed by atoms with Gasteiger partial charge >= 0.3 is 0 Å². The van der Waals surface area contributed by atoms with E-state index in [0.29, 0.717) is 32.8 Å². The third-order valence-electron chi connectivity index (χ3n) is 2.86. The molecule has 0 fully saturated rings. The first-order valence-corrected chi connectivity index (χ1v) is 7.46. The molecule has 0 spiro atoms. The van der Waals surface area contributed by atoms with Crippen LogP contribution in [0.25, 0.3) is 0 Å². The van der Waals surface area contributed by atoms with Gasteiger partial charge in [-0.1, -0.05) is 23.2 Å². The van der Waals surface area contributed by atoms with Crippen LogP contribution >= 0.6 is 34.5 Å². The highest BCUT2D eigenvalue weighted by Gasteiger charge is 2.16. The van der Waals surface area contributed by atoms with Gasteiger partial charge in [0, 0.05) is 11.3 Å². The van der Waals surface area contributed by atoms with Gasteiger partial charge in [-0.05, 0) is 29.8 Å². The van der Waals surface area contributed by atoms with Crippen molar-refractivity contribution in [2.75, 3.05) is 14.2 Å². The molecule has 6 heteroatoms. The van der Waals surface area contributed by atoms with Gasteiger partial charge in [0.15, 0.2) is 11.5 Å². The topological polar surface area (TPSA) is 38.7 Å². The summed E-state index contributed by atoms with van der Waals surface area (Å²) in [5, 5.41) is 10.7. The number of ether oxygens (including phenoxy) is 2. The molecule has 0 amide bonds. The summed E-state index contributed by atoms with van der Waals surface area (Å²) in [4.78, 5) is 1.01. The summed E-state index contributed by atoms with van der Waals surface area (Å²) in [5.41, 5.74) is 0.678. The van der Waals surface area contributed by atoms with Gasteiger partial charge in [0.1, 0.15) is 0 Å². The Morgan fingerprint density at radius 2 is 1.95 bits per heavy atom. The van der Waals surface area contributed by atoms with E-state index in [-0.39, 0.29) is 0 Å². The highest BCUT2D eigenvalue weighted by Crippen LogP contribution is 2.38. The molecule has 1 atom stereocenters. The lowest BCUT2D eigenvalue weighted by Crippen LogP contribution is -2.02. The lowest BCUT2D eigenvalue weighted by atomic mass is 10.1. The van der Waals surface area contributed by atoms with Crippen LogP contribution in [0.5, 0.6) is 11.5 Å². The largest absolute Gasteiger partial charge is 0.493 e. The Kier molecular flexibility index (Phi) is 5.16. The van der Waals surface area contributed by atoms with Crippen molar-refractivity contribution < 1.29 is 14.6 Å². The molecule has 3 nitrogen and oxygen atoms in total. The minimum Gasteiger partial charge on any atom is -0.493 e. The molecule has 0 saturated carbocycles. The molecule has 0 aliphatic heterocycles. The summed E-state index contributed by atoms with van der Waals surface area (Å²) < 4.78 is 11.1. The second kappa shape index (κ2) is 6.68. The number of benzene rings is 1. The molecule has 2 rings (SSSR count). The minimum atomic E-state index is -0.679. The molecule has 1 aromatic heterocycles. The highest BCUT2D eigenvalue weighted by atomic mass is 35.5. The fourth-order valence-corrected chi connectivity index (χ4v) is 3.32. The molecular weight excluding hydrogens is 319 g/mol. The first-order chi connectivity index (χ1) is 9.55. The summed E-state index contributed by atoms with van der Waals surface area (Å²) in [6.07, 6.45) is -0.203. The number of aliphatic hydroxyl groups excluding tert-OH is 1. The average molecular weight is 333 g/mol. The molecular formula is C14H14Cl2O3S. The van der Waals surface area contributed by atoms with E-state index >= 15 is 0 Å². The van der Waals surface area contributed by atoms with E-state index in [1.54, 1.807) is 12.1 Å². The SMILES string of the molecule is COc1cc(C(O)Cc2ccc(Cl)s2)cc(Cl)c1OC. The predicted molar refractivity (Wildman–Crippen MR) is 82.5 cm³/mol. The van der Waals surface area contributed by atoms with Crippen molar-refractivity contribution in [3.63, 3.8) is 0 Å². The fourth-order valence-electron chi connectivity index (χ4n) is 1.90. The summed E-state index contributed by atoms with van der Waals surface area (Å²) in [6.45, 7) is 0. The van der Waals surface area contributed by atoms with Crippen molar-refractivity contribution in [2.45, 2.75) is 12.5 Å². The standard InChI is InChI=1S/C14H14Cl2O3S/c1-18-12-6-8(5-10(15)14(12)19-2)11(17)7-9-3-4-13(16)20-9/h3-6,11,17H,7H2,1-2H3. The van der Waals surface area contributed by atoms with E-state index < -0.39 is 6.10 Å². The zero-order chi connectivity index (χ0) is 14.7. The molecule has 0 bridgehead atoms. The molecule has 2 aromatic rings. The minimum absolute atomic E-state index is 0.408. The van der Waals surface area contributed by atoms with Crippen LogP contribution in [0.15, 0.2) is 24.3 Å². The van der Waals surface area contributed by atoms with Crippen LogP contribution in [0.1, 0.15) is 16.5 Å². The molecule has 1 heterocycles. The van der Waals surface area contributed by atoms with E-state index in [9.17, 15) is 5.11 Å². The third-order valence-corrected chi connectivity index (χ3v) is 4.40. The van der Waals surface area contributed by atoms with Crippen molar-refractivity contribution in [2.24, 2.45) is 0 Å². The summed E-state index contributed by atoms with van der Waals surface area (Å²) in [5.74, 6) is 0.961. The quantitative estimate of drug-likeness (QED) is 0.884. The number of thiophene rings is 1. The van der Waals surface area contributed by atoms with Crippen molar-refractivity contribution in [3.05, 3.63) is 44.1 Å². The average Bonchev–Trinajstić information content (AvgIpc) is 2.82. The Balaban J connectivity index is 2.25. The van der Waals surface area contributed by atoms with Gasteiger partial charge in [-0.15, -0.1) is 11.3 Å². The molecule has 0 radical (unpaired) electrons. The Morgan fingerprint density at radius 1 is 1.20 bits per heavy atom. The number of hydrogen-bond acceptors (Lipinski definition) is 4. The molecule has 1 N–H and O–H groups in total. The van der Waals surface area contributed by atoms with Crippen molar-refractivity contribution in [1.82, 2.24) is 0 Å². The molecule has 0 aliphatic carbocycles. The number of rotatable bonds is 5. The van der Waals surface area contributed by atoms with E-state index in [1.807, 2.05) is 12.1 Å². The maximum Gasteiger partial charge on any atom is 0.179 e. The number of aliphatic hydroxyl groups is 1. The van der Waals surface area contributed by atoms with Crippen LogP contribution in [-0.4, -0.2) is 19.3 Å². The first kappa shape index (κ1) is 15.4. The Morgan fingerprint density at radius 3 is 2.50 bits per heavy atom. The van der Waals surface area contributed by atoms with Crippen LogP contribution in [-0.2, 0) is 6.42 Å². The van der Waals surface area contributed by atoms with Gasteiger partial charge in [-0.25, -0.2) is 0 Å². The normalized spacial score (nSPS) is 12.2. The fraction of sp³-hybridized carbons (Fsp3) is 0.286. The van der Waals surface area contributed by atoms with Gasteiger partial charge in [0.2, 0.25) is 0 Å². The molecule has 1 aromatic carbocycles. The van der Waals surface area contributed by atoms with Crippen LogP contribution in [0.4, 0.5) is 0 Å². The molecule has 0 saturated heterocycles. The zero-order valence-corrected chi connectivity index (χ0v) is 13.4.